The van der Waals surface area contributed by atoms with E-state index in [1.807, 2.05) is 0 Å². The number of aryl methyl sites for hydroxylation is 3. The normalized spacial score (nSPS) is 24.2. The fourth-order valence-electron chi connectivity index (χ4n) is 5.15. The smallest absolute Gasteiger partial charge is 0.125 e. The number of H-pyrrole nitrogens is 1. The van der Waals surface area contributed by atoms with Crippen molar-refractivity contribution in [3.8, 4) is 5.75 Å². The fraction of sp³-hybridized carbons (Fsp3) is 0.600. The summed E-state index contributed by atoms with van der Waals surface area (Å²) < 4.78 is 5.72. The molecule has 2 nitrogen and oxygen atoms in total. The molecule has 0 radical (unpaired) electrons. The van der Waals surface area contributed by atoms with Crippen molar-refractivity contribution >= 4 is 10.9 Å². The summed E-state index contributed by atoms with van der Waals surface area (Å²) in [6.07, 6.45) is 8.25. The van der Waals surface area contributed by atoms with Gasteiger partial charge in [0.2, 0.25) is 0 Å². The molecule has 0 bridgehead atoms. The first kappa shape index (κ1) is 14.2. The van der Waals surface area contributed by atoms with Crippen molar-refractivity contribution in [2.24, 2.45) is 5.92 Å². The van der Waals surface area contributed by atoms with Crippen molar-refractivity contribution in [3.05, 3.63) is 27.9 Å². The zero-order chi connectivity index (χ0) is 15.4. The van der Waals surface area contributed by atoms with Gasteiger partial charge in [0, 0.05) is 28.1 Å². The van der Waals surface area contributed by atoms with E-state index < -0.39 is 0 Å². The van der Waals surface area contributed by atoms with E-state index in [1.54, 1.807) is 18.4 Å². The number of aromatic nitrogens is 1. The lowest BCUT2D eigenvalue weighted by atomic mass is 9.70. The van der Waals surface area contributed by atoms with Gasteiger partial charge in [-0.2, -0.15) is 0 Å². The molecule has 1 fully saturated rings. The Morgan fingerprint density at radius 1 is 0.955 bits per heavy atom. The second kappa shape index (κ2) is 5.04. The Morgan fingerprint density at radius 2 is 1.73 bits per heavy atom. The molecule has 1 aromatic heterocycles. The molecule has 0 amide bonds. The van der Waals surface area contributed by atoms with Crippen LogP contribution in [-0.2, 0) is 6.42 Å². The van der Waals surface area contributed by atoms with E-state index in [1.165, 1.54) is 66.1 Å². The second-order valence-electron chi connectivity index (χ2n) is 7.37. The average Bonchev–Trinajstić information content (AvgIpc) is 2.93. The number of hydrogen-bond acceptors (Lipinski definition) is 1. The zero-order valence-corrected chi connectivity index (χ0v) is 14.3. The first-order valence-electron chi connectivity index (χ1n) is 8.81. The maximum atomic E-state index is 5.72. The number of fused-ring (bicyclic) bond motifs is 5. The highest BCUT2D eigenvalue weighted by Gasteiger charge is 2.34. The topological polar surface area (TPSA) is 25.0 Å². The van der Waals surface area contributed by atoms with Gasteiger partial charge in [-0.05, 0) is 69.1 Å². The summed E-state index contributed by atoms with van der Waals surface area (Å²) >= 11 is 0. The van der Waals surface area contributed by atoms with Gasteiger partial charge in [0.25, 0.3) is 0 Å². The van der Waals surface area contributed by atoms with Crippen LogP contribution in [0, 0.1) is 26.7 Å². The van der Waals surface area contributed by atoms with Crippen LogP contribution in [0.4, 0.5) is 0 Å². The van der Waals surface area contributed by atoms with Gasteiger partial charge in [0.05, 0.1) is 7.11 Å². The Hall–Kier alpha value is -1.44. The van der Waals surface area contributed by atoms with Crippen molar-refractivity contribution < 1.29 is 4.74 Å². The first-order chi connectivity index (χ1) is 10.6. The third-order valence-electron chi connectivity index (χ3n) is 6.38. The molecule has 0 unspecified atom stereocenters. The summed E-state index contributed by atoms with van der Waals surface area (Å²) in [5.41, 5.74) is 8.49. The molecule has 2 atom stereocenters. The molecule has 0 saturated heterocycles. The van der Waals surface area contributed by atoms with E-state index in [2.05, 4.69) is 25.8 Å². The Bertz CT molecular complexity index is 740. The van der Waals surface area contributed by atoms with Crippen LogP contribution in [0.25, 0.3) is 10.9 Å². The predicted octanol–water partition coefficient (Wildman–Crippen LogP) is 5.32. The summed E-state index contributed by atoms with van der Waals surface area (Å²) in [5, 5.41) is 1.46. The summed E-state index contributed by atoms with van der Waals surface area (Å²) in [6, 6.07) is 0. The Labute approximate surface area is 133 Å². The lowest BCUT2D eigenvalue weighted by Gasteiger charge is -2.35. The van der Waals surface area contributed by atoms with Gasteiger partial charge in [0.1, 0.15) is 5.75 Å². The molecule has 0 spiro atoms. The number of nitrogens with one attached hydrogen (secondary N) is 1. The average molecular weight is 297 g/mol. The lowest BCUT2D eigenvalue weighted by molar-refractivity contribution is 0.272. The van der Waals surface area contributed by atoms with Gasteiger partial charge in [-0.25, -0.2) is 0 Å². The lowest BCUT2D eigenvalue weighted by Crippen LogP contribution is -2.23. The molecule has 118 valence electrons. The summed E-state index contributed by atoms with van der Waals surface area (Å²) in [4.78, 5) is 3.86. The molecule has 22 heavy (non-hydrogen) atoms. The first-order valence-corrected chi connectivity index (χ1v) is 8.81. The summed E-state index contributed by atoms with van der Waals surface area (Å²) in [5.74, 6) is 2.77. The van der Waals surface area contributed by atoms with Gasteiger partial charge in [-0.3, -0.25) is 0 Å². The van der Waals surface area contributed by atoms with Crippen molar-refractivity contribution in [2.45, 2.75) is 65.2 Å². The summed E-state index contributed by atoms with van der Waals surface area (Å²) in [7, 11) is 1.80. The molecule has 1 aromatic carbocycles. The highest BCUT2D eigenvalue weighted by atomic mass is 16.5. The number of ether oxygens (including phenoxy) is 1. The number of methoxy groups -OCH3 is 1. The predicted molar refractivity (Wildman–Crippen MR) is 92.1 cm³/mol. The molecular formula is C20H27NO. The van der Waals surface area contributed by atoms with Gasteiger partial charge < -0.3 is 9.72 Å². The van der Waals surface area contributed by atoms with Crippen molar-refractivity contribution in [2.75, 3.05) is 7.11 Å². The Kier molecular flexibility index (Phi) is 3.25. The van der Waals surface area contributed by atoms with Crippen LogP contribution in [0.1, 0.15) is 66.0 Å². The molecule has 2 aromatic rings. The fourth-order valence-corrected chi connectivity index (χ4v) is 5.15. The summed E-state index contributed by atoms with van der Waals surface area (Å²) in [6.45, 7) is 6.65. The molecule has 2 aliphatic carbocycles. The highest BCUT2D eigenvalue weighted by Crippen LogP contribution is 2.48. The minimum Gasteiger partial charge on any atom is -0.496 e. The number of benzene rings is 1. The van der Waals surface area contributed by atoms with Crippen LogP contribution in [0.3, 0.4) is 0 Å². The van der Waals surface area contributed by atoms with Crippen LogP contribution in [0.15, 0.2) is 0 Å². The molecular weight excluding hydrogens is 270 g/mol. The number of aromatic amines is 1. The molecule has 1 N–H and O–H groups in total. The maximum absolute atomic E-state index is 5.72. The van der Waals surface area contributed by atoms with Crippen molar-refractivity contribution in [3.63, 3.8) is 0 Å². The van der Waals surface area contributed by atoms with E-state index in [4.69, 9.17) is 4.74 Å². The van der Waals surface area contributed by atoms with E-state index in [9.17, 15) is 0 Å². The number of hydrogen-bond donors (Lipinski definition) is 1. The van der Waals surface area contributed by atoms with Crippen LogP contribution in [0.5, 0.6) is 5.75 Å². The van der Waals surface area contributed by atoms with Gasteiger partial charge in [-0.15, -0.1) is 0 Å². The van der Waals surface area contributed by atoms with E-state index >= 15 is 0 Å². The largest absolute Gasteiger partial charge is 0.496 e. The zero-order valence-electron chi connectivity index (χ0n) is 14.3. The second-order valence-corrected chi connectivity index (χ2v) is 7.37. The van der Waals surface area contributed by atoms with E-state index in [0.717, 1.165) is 17.6 Å². The van der Waals surface area contributed by atoms with Crippen molar-refractivity contribution in [1.29, 1.82) is 0 Å². The minimum atomic E-state index is 0.773. The monoisotopic (exact) mass is 297 g/mol. The molecule has 1 saturated carbocycles. The van der Waals surface area contributed by atoms with Gasteiger partial charge in [0.15, 0.2) is 0 Å². The third-order valence-corrected chi connectivity index (χ3v) is 6.38. The maximum Gasteiger partial charge on any atom is 0.125 e. The molecule has 2 aliphatic rings. The van der Waals surface area contributed by atoms with Gasteiger partial charge >= 0.3 is 0 Å². The van der Waals surface area contributed by atoms with Crippen molar-refractivity contribution in [1.82, 2.24) is 4.98 Å². The Balaban J connectivity index is 1.99. The highest BCUT2D eigenvalue weighted by molar-refractivity contribution is 5.93. The van der Waals surface area contributed by atoms with Crippen LogP contribution >= 0.6 is 0 Å². The molecule has 2 heteroatoms. The standard InChI is InChI=1S/C20H27NO/c1-11-12(2)20(22-4)13(3)17-16-10-9-14-7-5-6-8-15(14)19(16)21-18(11)17/h14-15,21H,5-10H2,1-4H3/t14-,15+/m1/s1. The SMILES string of the molecule is COc1c(C)c(C)c2[nH]c3c(c2c1C)CC[C@H]1CCCC[C@H]31. The van der Waals surface area contributed by atoms with E-state index in [-0.39, 0.29) is 0 Å². The van der Waals surface area contributed by atoms with Crippen LogP contribution in [0.2, 0.25) is 0 Å². The van der Waals surface area contributed by atoms with Gasteiger partial charge in [-0.1, -0.05) is 12.8 Å². The minimum absolute atomic E-state index is 0.773. The Morgan fingerprint density at radius 3 is 2.50 bits per heavy atom. The quantitative estimate of drug-likeness (QED) is 0.757. The molecule has 1 heterocycles. The third kappa shape index (κ3) is 1.79. The molecule has 4 rings (SSSR count). The van der Waals surface area contributed by atoms with E-state index in [0.29, 0.717) is 0 Å². The van der Waals surface area contributed by atoms with Crippen LogP contribution < -0.4 is 4.74 Å². The number of rotatable bonds is 1. The van der Waals surface area contributed by atoms with Crippen LogP contribution in [-0.4, -0.2) is 12.1 Å². The molecule has 0 aliphatic heterocycles.